The molecule has 0 aromatic heterocycles. The highest BCUT2D eigenvalue weighted by Crippen LogP contribution is 2.26. The summed E-state index contributed by atoms with van der Waals surface area (Å²) in [4.78, 5) is 14.9. The fraction of sp³-hybridized carbons (Fsp3) is 0.650. The van der Waals surface area contributed by atoms with Crippen LogP contribution in [0.25, 0.3) is 0 Å². The van der Waals surface area contributed by atoms with Gasteiger partial charge in [-0.3, -0.25) is 4.79 Å². The summed E-state index contributed by atoms with van der Waals surface area (Å²) >= 11 is 0. The van der Waals surface area contributed by atoms with E-state index in [1.807, 2.05) is 17.0 Å². The van der Waals surface area contributed by atoms with E-state index >= 15 is 0 Å². The summed E-state index contributed by atoms with van der Waals surface area (Å²) in [6.07, 6.45) is 2.39. The predicted octanol–water partition coefficient (Wildman–Crippen LogP) is 2.14. The van der Waals surface area contributed by atoms with Gasteiger partial charge in [0.25, 0.3) is 0 Å². The third kappa shape index (κ3) is 4.89. The first-order valence-corrected chi connectivity index (χ1v) is 11.3. The first-order chi connectivity index (χ1) is 12.9. The summed E-state index contributed by atoms with van der Waals surface area (Å²) in [7, 11) is -3.57. The Morgan fingerprint density at radius 3 is 2.44 bits per heavy atom. The molecule has 2 saturated heterocycles. The molecule has 0 bridgehead atoms. The van der Waals surface area contributed by atoms with Crippen molar-refractivity contribution < 1.29 is 17.9 Å². The van der Waals surface area contributed by atoms with Crippen LogP contribution in [0.4, 0.5) is 0 Å². The van der Waals surface area contributed by atoms with Crippen LogP contribution in [0, 0.1) is 11.8 Å². The zero-order chi connectivity index (χ0) is 19.4. The minimum atomic E-state index is -3.57. The second-order valence-corrected chi connectivity index (χ2v) is 9.82. The molecule has 3 rings (SSSR count). The fourth-order valence-electron chi connectivity index (χ4n) is 3.82. The molecule has 2 aliphatic rings. The molecule has 2 heterocycles. The van der Waals surface area contributed by atoms with Crippen LogP contribution in [0.3, 0.4) is 0 Å². The van der Waals surface area contributed by atoms with Gasteiger partial charge in [-0.2, -0.15) is 4.31 Å². The van der Waals surface area contributed by atoms with Gasteiger partial charge in [0, 0.05) is 26.2 Å². The number of rotatable bonds is 5. The van der Waals surface area contributed by atoms with E-state index in [9.17, 15) is 13.2 Å². The lowest BCUT2D eigenvalue weighted by atomic mass is 9.98. The molecule has 150 valence electrons. The van der Waals surface area contributed by atoms with Gasteiger partial charge in [-0.1, -0.05) is 26.0 Å². The lowest BCUT2D eigenvalue weighted by Gasteiger charge is -2.35. The fourth-order valence-corrected chi connectivity index (χ4v) is 5.35. The van der Waals surface area contributed by atoms with Gasteiger partial charge in [-0.15, -0.1) is 0 Å². The van der Waals surface area contributed by atoms with Crippen molar-refractivity contribution in [3.8, 4) is 0 Å². The standard InChI is InChI=1S/C20H30N2O4S/c1-16(2)14-17-5-7-19(8-6-17)27(24,25)22-9-3-4-18(15-22)20(23)21-10-12-26-13-11-21/h5-8,16,18H,3-4,9-15H2,1-2H3. The Kier molecular flexibility index (Phi) is 6.55. The van der Waals surface area contributed by atoms with E-state index in [0.29, 0.717) is 50.1 Å². The number of hydrogen-bond acceptors (Lipinski definition) is 4. The Labute approximate surface area is 162 Å². The van der Waals surface area contributed by atoms with Gasteiger partial charge < -0.3 is 9.64 Å². The van der Waals surface area contributed by atoms with Crippen molar-refractivity contribution in [2.45, 2.75) is 38.0 Å². The molecular weight excluding hydrogens is 364 g/mol. The lowest BCUT2D eigenvalue weighted by molar-refractivity contribution is -0.140. The van der Waals surface area contributed by atoms with Crippen molar-refractivity contribution in [2.75, 3.05) is 39.4 Å². The Balaban J connectivity index is 1.69. The Bertz CT molecular complexity index is 740. The number of morpholine rings is 1. The molecule has 0 N–H and O–H groups in total. The molecule has 6 nitrogen and oxygen atoms in total. The van der Waals surface area contributed by atoms with E-state index in [2.05, 4.69) is 13.8 Å². The highest BCUT2D eigenvalue weighted by molar-refractivity contribution is 7.89. The van der Waals surface area contributed by atoms with E-state index in [-0.39, 0.29) is 18.4 Å². The number of benzene rings is 1. The van der Waals surface area contributed by atoms with Crippen LogP contribution >= 0.6 is 0 Å². The molecular formula is C20H30N2O4S. The molecule has 0 spiro atoms. The Morgan fingerprint density at radius 2 is 1.81 bits per heavy atom. The highest BCUT2D eigenvalue weighted by atomic mass is 32.2. The predicted molar refractivity (Wildman–Crippen MR) is 104 cm³/mol. The van der Waals surface area contributed by atoms with Crippen LogP contribution in [-0.2, 0) is 26.0 Å². The van der Waals surface area contributed by atoms with Crippen LogP contribution in [0.5, 0.6) is 0 Å². The number of piperidine rings is 1. The van der Waals surface area contributed by atoms with E-state index < -0.39 is 10.0 Å². The van der Waals surface area contributed by atoms with Gasteiger partial charge >= 0.3 is 0 Å². The van der Waals surface area contributed by atoms with Crippen molar-refractivity contribution in [3.05, 3.63) is 29.8 Å². The number of ether oxygens (including phenoxy) is 1. The van der Waals surface area contributed by atoms with Crippen molar-refractivity contribution in [2.24, 2.45) is 11.8 Å². The smallest absolute Gasteiger partial charge is 0.243 e. The number of carbonyl (C=O) groups is 1. The normalized spacial score (nSPS) is 22.2. The van der Waals surface area contributed by atoms with Crippen molar-refractivity contribution >= 4 is 15.9 Å². The Morgan fingerprint density at radius 1 is 1.15 bits per heavy atom. The summed E-state index contributed by atoms with van der Waals surface area (Å²) in [5.41, 5.74) is 1.14. The summed E-state index contributed by atoms with van der Waals surface area (Å²) in [5.74, 6) is 0.332. The minimum absolute atomic E-state index is 0.0606. The molecule has 1 aromatic rings. The maximum Gasteiger partial charge on any atom is 0.243 e. The SMILES string of the molecule is CC(C)Cc1ccc(S(=O)(=O)N2CCCC(C(=O)N3CCOCC3)C2)cc1. The second kappa shape index (κ2) is 8.71. The minimum Gasteiger partial charge on any atom is -0.378 e. The van der Waals surface area contributed by atoms with Gasteiger partial charge in [0.15, 0.2) is 0 Å². The third-order valence-electron chi connectivity index (χ3n) is 5.26. The zero-order valence-electron chi connectivity index (χ0n) is 16.3. The monoisotopic (exact) mass is 394 g/mol. The molecule has 7 heteroatoms. The summed E-state index contributed by atoms with van der Waals surface area (Å²) in [6, 6.07) is 7.18. The number of hydrogen-bond donors (Lipinski definition) is 0. The lowest BCUT2D eigenvalue weighted by Crippen LogP contribution is -2.49. The van der Waals surface area contributed by atoms with E-state index in [4.69, 9.17) is 4.74 Å². The van der Waals surface area contributed by atoms with Crippen LogP contribution < -0.4 is 0 Å². The summed E-state index contributed by atoms with van der Waals surface area (Å²) < 4.78 is 32.9. The first kappa shape index (κ1) is 20.3. The molecule has 2 aliphatic heterocycles. The number of nitrogens with zero attached hydrogens (tertiary/aromatic N) is 2. The van der Waals surface area contributed by atoms with E-state index in [1.165, 1.54) is 4.31 Å². The van der Waals surface area contributed by atoms with Crippen LogP contribution in [0.15, 0.2) is 29.2 Å². The molecule has 1 unspecified atom stereocenters. The molecule has 0 radical (unpaired) electrons. The van der Waals surface area contributed by atoms with Gasteiger partial charge in [0.2, 0.25) is 15.9 Å². The molecule has 27 heavy (non-hydrogen) atoms. The number of sulfonamides is 1. The Hall–Kier alpha value is -1.44. The second-order valence-electron chi connectivity index (χ2n) is 7.88. The molecule has 1 atom stereocenters. The van der Waals surface area contributed by atoms with Crippen molar-refractivity contribution in [3.63, 3.8) is 0 Å². The third-order valence-corrected chi connectivity index (χ3v) is 7.14. The highest BCUT2D eigenvalue weighted by Gasteiger charge is 2.35. The number of amides is 1. The number of carbonyl (C=O) groups excluding carboxylic acids is 1. The maximum absolute atomic E-state index is 13.0. The first-order valence-electron chi connectivity index (χ1n) is 9.83. The van der Waals surface area contributed by atoms with Crippen molar-refractivity contribution in [1.29, 1.82) is 0 Å². The quantitative estimate of drug-likeness (QED) is 0.767. The van der Waals surface area contributed by atoms with Crippen LogP contribution in [0.1, 0.15) is 32.3 Å². The molecule has 0 aliphatic carbocycles. The average molecular weight is 395 g/mol. The summed E-state index contributed by atoms with van der Waals surface area (Å²) in [6.45, 7) is 7.34. The average Bonchev–Trinajstić information content (AvgIpc) is 2.68. The largest absolute Gasteiger partial charge is 0.378 e. The summed E-state index contributed by atoms with van der Waals surface area (Å²) in [5, 5.41) is 0. The van der Waals surface area contributed by atoms with Gasteiger partial charge in [0.1, 0.15) is 0 Å². The van der Waals surface area contributed by atoms with Gasteiger partial charge in [-0.05, 0) is 42.9 Å². The van der Waals surface area contributed by atoms with E-state index in [0.717, 1.165) is 18.4 Å². The maximum atomic E-state index is 13.0. The van der Waals surface area contributed by atoms with E-state index in [1.54, 1.807) is 12.1 Å². The van der Waals surface area contributed by atoms with Crippen molar-refractivity contribution in [1.82, 2.24) is 9.21 Å². The molecule has 0 saturated carbocycles. The van der Waals surface area contributed by atoms with Crippen LogP contribution in [0.2, 0.25) is 0 Å². The topological polar surface area (TPSA) is 66.9 Å². The molecule has 1 aromatic carbocycles. The van der Waals surface area contributed by atoms with Gasteiger partial charge in [-0.25, -0.2) is 8.42 Å². The molecule has 1 amide bonds. The van der Waals surface area contributed by atoms with Crippen LogP contribution in [-0.4, -0.2) is 62.9 Å². The van der Waals surface area contributed by atoms with Gasteiger partial charge in [0.05, 0.1) is 24.0 Å². The zero-order valence-corrected chi connectivity index (χ0v) is 17.1. The molecule has 2 fully saturated rings.